The first-order chi connectivity index (χ1) is 8.85. The second-order valence-corrected chi connectivity index (χ2v) is 4.89. The molecular weight excluding hydrogens is 270 g/mol. The van der Waals surface area contributed by atoms with Gasteiger partial charge in [0.15, 0.2) is 0 Å². The number of carbonyl (C=O) groups excluding carboxylic acids is 1. The number of nitrogens with zero attached hydrogens (tertiary/aromatic N) is 1. The number of ether oxygens (including phenoxy) is 1. The van der Waals surface area contributed by atoms with E-state index in [1.807, 2.05) is 0 Å². The molecule has 0 bridgehead atoms. The van der Waals surface area contributed by atoms with E-state index < -0.39 is 11.5 Å². The summed E-state index contributed by atoms with van der Waals surface area (Å²) in [7, 11) is 1.55. The first-order valence-electron chi connectivity index (χ1n) is 5.76. The Balaban J connectivity index is 2.62. The zero-order chi connectivity index (χ0) is 14.5. The summed E-state index contributed by atoms with van der Waals surface area (Å²) in [4.78, 5) is 15.7. The van der Waals surface area contributed by atoms with Crippen LogP contribution in [0.5, 0.6) is 0 Å². The van der Waals surface area contributed by atoms with E-state index in [1.54, 1.807) is 14.0 Å². The largest absolute Gasteiger partial charge is 0.397 e. The van der Waals surface area contributed by atoms with Crippen LogP contribution in [0.15, 0.2) is 12.3 Å². The quantitative estimate of drug-likeness (QED) is 0.674. The lowest BCUT2D eigenvalue weighted by Crippen LogP contribution is -2.41. The van der Waals surface area contributed by atoms with Gasteiger partial charge >= 0.3 is 0 Å². The highest BCUT2D eigenvalue weighted by molar-refractivity contribution is 6.32. The van der Waals surface area contributed by atoms with Crippen molar-refractivity contribution in [3.05, 3.63) is 23.0 Å². The van der Waals surface area contributed by atoms with Crippen LogP contribution in [0.4, 0.5) is 5.69 Å². The number of aliphatic hydroxyl groups is 1. The Labute approximate surface area is 116 Å². The molecular formula is C12H18ClN3O3. The predicted octanol–water partition coefficient (Wildman–Crippen LogP) is 0.835. The molecule has 0 saturated heterocycles. The van der Waals surface area contributed by atoms with Crippen molar-refractivity contribution in [3.63, 3.8) is 0 Å². The minimum atomic E-state index is -1.05. The molecule has 0 aliphatic rings. The van der Waals surface area contributed by atoms with Gasteiger partial charge in [0, 0.05) is 26.7 Å². The first kappa shape index (κ1) is 15.7. The average molecular weight is 288 g/mol. The maximum Gasteiger partial charge on any atom is 0.254 e. The van der Waals surface area contributed by atoms with Gasteiger partial charge in [-0.3, -0.25) is 4.79 Å². The van der Waals surface area contributed by atoms with Crippen molar-refractivity contribution in [3.8, 4) is 0 Å². The summed E-state index contributed by atoms with van der Waals surface area (Å²) in [5.41, 5.74) is 5.03. The third kappa shape index (κ3) is 5.02. The Kier molecular flexibility index (Phi) is 5.53. The standard InChI is InChI=1S/C12H18ClN3O3/c1-12(18,3-4-19-2)7-16-11(17)9-5-8(14)6-15-10(9)13/h5-6,18H,3-4,7,14H2,1-2H3,(H,16,17). The Bertz CT molecular complexity index is 452. The number of halogens is 1. The summed E-state index contributed by atoms with van der Waals surface area (Å²) >= 11 is 5.81. The fourth-order valence-electron chi connectivity index (χ4n) is 1.40. The summed E-state index contributed by atoms with van der Waals surface area (Å²) in [6, 6.07) is 1.44. The van der Waals surface area contributed by atoms with Crippen LogP contribution >= 0.6 is 11.6 Å². The monoisotopic (exact) mass is 287 g/mol. The minimum absolute atomic E-state index is 0.0724. The highest BCUT2D eigenvalue weighted by atomic mass is 35.5. The molecule has 1 atom stereocenters. The number of aromatic nitrogens is 1. The number of rotatable bonds is 6. The molecule has 0 aromatic carbocycles. The Morgan fingerprint density at radius 1 is 1.68 bits per heavy atom. The van der Waals surface area contributed by atoms with Crippen molar-refractivity contribution in [1.29, 1.82) is 0 Å². The van der Waals surface area contributed by atoms with Gasteiger partial charge in [0.05, 0.1) is 23.0 Å². The van der Waals surface area contributed by atoms with Gasteiger partial charge in [-0.05, 0) is 13.0 Å². The van der Waals surface area contributed by atoms with Crippen molar-refractivity contribution in [1.82, 2.24) is 10.3 Å². The second kappa shape index (κ2) is 6.70. The lowest BCUT2D eigenvalue weighted by molar-refractivity contribution is 0.0243. The van der Waals surface area contributed by atoms with E-state index in [0.29, 0.717) is 18.7 Å². The third-order valence-corrected chi connectivity index (χ3v) is 2.88. The lowest BCUT2D eigenvalue weighted by Gasteiger charge is -2.23. The van der Waals surface area contributed by atoms with Crippen LogP contribution in [0.3, 0.4) is 0 Å². The molecule has 7 heteroatoms. The molecule has 1 unspecified atom stereocenters. The molecule has 0 aliphatic heterocycles. The molecule has 0 fully saturated rings. The number of methoxy groups -OCH3 is 1. The fourth-order valence-corrected chi connectivity index (χ4v) is 1.59. The van der Waals surface area contributed by atoms with Crippen molar-refractivity contribution in [2.45, 2.75) is 18.9 Å². The molecule has 0 spiro atoms. The van der Waals surface area contributed by atoms with Crippen LogP contribution in [0.1, 0.15) is 23.7 Å². The first-order valence-corrected chi connectivity index (χ1v) is 6.14. The molecule has 0 saturated carbocycles. The van der Waals surface area contributed by atoms with Gasteiger partial charge in [-0.25, -0.2) is 4.98 Å². The smallest absolute Gasteiger partial charge is 0.254 e. The van der Waals surface area contributed by atoms with Crippen molar-refractivity contribution >= 4 is 23.2 Å². The third-order valence-electron chi connectivity index (χ3n) is 2.58. The van der Waals surface area contributed by atoms with E-state index in [0.717, 1.165) is 0 Å². The van der Waals surface area contributed by atoms with Crippen molar-refractivity contribution in [2.24, 2.45) is 0 Å². The Morgan fingerprint density at radius 3 is 3.00 bits per heavy atom. The second-order valence-electron chi connectivity index (χ2n) is 4.53. The van der Waals surface area contributed by atoms with Gasteiger partial charge in [0.25, 0.3) is 5.91 Å². The number of nitrogen functional groups attached to an aromatic ring is 1. The molecule has 106 valence electrons. The molecule has 1 heterocycles. The number of hydrogen-bond acceptors (Lipinski definition) is 5. The van der Waals surface area contributed by atoms with E-state index in [1.165, 1.54) is 12.3 Å². The summed E-state index contributed by atoms with van der Waals surface area (Å²) in [6.07, 6.45) is 1.78. The molecule has 4 N–H and O–H groups in total. The molecule has 1 aromatic rings. The summed E-state index contributed by atoms with van der Waals surface area (Å²) in [5.74, 6) is -0.428. The van der Waals surface area contributed by atoms with E-state index >= 15 is 0 Å². The van der Waals surface area contributed by atoms with Crippen LogP contribution in [-0.2, 0) is 4.74 Å². The Morgan fingerprint density at radius 2 is 2.37 bits per heavy atom. The summed E-state index contributed by atoms with van der Waals surface area (Å²) in [6.45, 7) is 2.11. The molecule has 0 aliphatic carbocycles. The van der Waals surface area contributed by atoms with Crippen LogP contribution in [0.25, 0.3) is 0 Å². The molecule has 19 heavy (non-hydrogen) atoms. The van der Waals surface area contributed by atoms with Crippen LogP contribution in [-0.4, -0.2) is 41.9 Å². The van der Waals surface area contributed by atoms with Gasteiger partial charge in [-0.15, -0.1) is 0 Å². The van der Waals surface area contributed by atoms with Crippen LogP contribution in [0, 0.1) is 0 Å². The van der Waals surface area contributed by atoms with Crippen LogP contribution < -0.4 is 11.1 Å². The number of amides is 1. The topological polar surface area (TPSA) is 97.5 Å². The van der Waals surface area contributed by atoms with E-state index in [4.69, 9.17) is 22.1 Å². The van der Waals surface area contributed by atoms with Gasteiger partial charge < -0.3 is 20.9 Å². The van der Waals surface area contributed by atoms with Crippen molar-refractivity contribution < 1.29 is 14.6 Å². The lowest BCUT2D eigenvalue weighted by atomic mass is 10.0. The normalized spacial score (nSPS) is 13.9. The number of nitrogens with one attached hydrogen (secondary N) is 1. The fraction of sp³-hybridized carbons (Fsp3) is 0.500. The Hall–Kier alpha value is -1.37. The zero-order valence-electron chi connectivity index (χ0n) is 10.9. The number of pyridine rings is 1. The molecule has 1 rings (SSSR count). The van der Waals surface area contributed by atoms with E-state index in [2.05, 4.69) is 10.3 Å². The number of hydrogen-bond donors (Lipinski definition) is 3. The van der Waals surface area contributed by atoms with E-state index in [9.17, 15) is 9.90 Å². The van der Waals surface area contributed by atoms with Gasteiger partial charge in [0.1, 0.15) is 5.15 Å². The predicted molar refractivity (Wildman–Crippen MR) is 73.1 cm³/mol. The summed E-state index contributed by atoms with van der Waals surface area (Å²) in [5, 5.41) is 12.7. The highest BCUT2D eigenvalue weighted by Gasteiger charge is 2.22. The van der Waals surface area contributed by atoms with Crippen molar-refractivity contribution in [2.75, 3.05) is 26.0 Å². The highest BCUT2D eigenvalue weighted by Crippen LogP contribution is 2.16. The molecule has 1 aromatic heterocycles. The molecule has 6 nitrogen and oxygen atoms in total. The van der Waals surface area contributed by atoms with Gasteiger partial charge in [-0.2, -0.15) is 0 Å². The van der Waals surface area contributed by atoms with Gasteiger partial charge in [0.2, 0.25) is 0 Å². The number of anilines is 1. The number of carbonyl (C=O) groups is 1. The van der Waals surface area contributed by atoms with Crippen LogP contribution in [0.2, 0.25) is 5.15 Å². The maximum absolute atomic E-state index is 11.9. The zero-order valence-corrected chi connectivity index (χ0v) is 11.7. The summed E-state index contributed by atoms with van der Waals surface area (Å²) < 4.78 is 4.88. The van der Waals surface area contributed by atoms with Gasteiger partial charge in [-0.1, -0.05) is 11.6 Å². The molecule has 1 amide bonds. The molecule has 0 radical (unpaired) electrons. The number of nitrogens with two attached hydrogens (primary N) is 1. The average Bonchev–Trinajstić information content (AvgIpc) is 2.36. The van der Waals surface area contributed by atoms with E-state index in [-0.39, 0.29) is 17.3 Å². The maximum atomic E-state index is 11.9. The minimum Gasteiger partial charge on any atom is -0.397 e. The SMILES string of the molecule is COCCC(C)(O)CNC(=O)c1cc(N)cnc1Cl.